The third-order valence-electron chi connectivity index (χ3n) is 1.81. The lowest BCUT2D eigenvalue weighted by molar-refractivity contribution is 0.100. The molecule has 1 unspecified atom stereocenters. The number of hydrogen-bond acceptors (Lipinski definition) is 6. The number of aliphatic hydroxyl groups excluding tert-OH is 2. The first kappa shape index (κ1) is 12.8. The molecule has 0 bridgehead atoms. The fourth-order valence-electron chi connectivity index (χ4n) is 0.973. The number of primary amides is 1. The van der Waals surface area contributed by atoms with Crippen molar-refractivity contribution >= 4 is 23.4 Å². The number of carbonyl (C=O) groups is 1. The largest absolute Gasteiger partial charge is 0.397 e. The van der Waals surface area contributed by atoms with Gasteiger partial charge in [0.25, 0.3) is 5.91 Å². The molecular formula is C9H13N3O3S. The second-order valence-electron chi connectivity index (χ2n) is 3.12. The average Bonchev–Trinajstić information content (AvgIpc) is 2.27. The smallest absolute Gasteiger partial charge is 0.250 e. The fourth-order valence-corrected chi connectivity index (χ4v) is 1.77. The second-order valence-corrected chi connectivity index (χ2v) is 4.16. The molecule has 1 atom stereocenters. The van der Waals surface area contributed by atoms with Crippen LogP contribution in [0.25, 0.3) is 0 Å². The lowest BCUT2D eigenvalue weighted by Crippen LogP contribution is -2.16. The SMILES string of the molecule is NC(=O)c1cc(SCC(O)CO)ncc1N. The van der Waals surface area contributed by atoms with Gasteiger partial charge in [0.05, 0.1) is 35.2 Å². The van der Waals surface area contributed by atoms with Crippen LogP contribution in [0.2, 0.25) is 0 Å². The number of thioether (sulfide) groups is 1. The van der Waals surface area contributed by atoms with E-state index in [1.165, 1.54) is 24.0 Å². The Bertz CT molecular complexity index is 386. The van der Waals surface area contributed by atoms with Gasteiger partial charge in [0.1, 0.15) is 0 Å². The average molecular weight is 243 g/mol. The molecule has 88 valence electrons. The van der Waals surface area contributed by atoms with Crippen LogP contribution in [0.5, 0.6) is 0 Å². The van der Waals surface area contributed by atoms with Gasteiger partial charge < -0.3 is 21.7 Å². The Morgan fingerprint density at radius 1 is 1.62 bits per heavy atom. The highest BCUT2D eigenvalue weighted by atomic mass is 32.2. The minimum Gasteiger partial charge on any atom is -0.397 e. The van der Waals surface area contributed by atoms with Crippen LogP contribution in [-0.4, -0.2) is 39.6 Å². The summed E-state index contributed by atoms with van der Waals surface area (Å²) in [4.78, 5) is 14.9. The van der Waals surface area contributed by atoms with Crippen molar-refractivity contribution in [2.24, 2.45) is 5.73 Å². The molecule has 1 aromatic rings. The van der Waals surface area contributed by atoms with E-state index in [4.69, 9.17) is 21.7 Å². The van der Waals surface area contributed by atoms with Crippen LogP contribution in [0.3, 0.4) is 0 Å². The first-order valence-electron chi connectivity index (χ1n) is 4.51. The molecule has 1 amide bonds. The third-order valence-corrected chi connectivity index (χ3v) is 2.88. The summed E-state index contributed by atoms with van der Waals surface area (Å²) in [5.74, 6) is -0.338. The molecule has 0 spiro atoms. The molecule has 0 aliphatic heterocycles. The van der Waals surface area contributed by atoms with Crippen LogP contribution in [0, 0.1) is 0 Å². The standard InChI is InChI=1S/C9H13N3O3S/c10-7-2-12-8(1-6(7)9(11)15)16-4-5(14)3-13/h1-2,5,13-14H,3-4,10H2,(H2,11,15). The zero-order chi connectivity index (χ0) is 12.1. The minimum absolute atomic E-state index is 0.205. The Balaban J connectivity index is 2.75. The predicted molar refractivity (Wildman–Crippen MR) is 61.0 cm³/mol. The number of anilines is 1. The highest BCUT2D eigenvalue weighted by Gasteiger charge is 2.09. The molecule has 0 saturated carbocycles. The zero-order valence-corrected chi connectivity index (χ0v) is 9.28. The van der Waals surface area contributed by atoms with Gasteiger partial charge in [0, 0.05) is 5.75 Å². The highest BCUT2D eigenvalue weighted by molar-refractivity contribution is 7.99. The number of nitrogen functional groups attached to an aromatic ring is 1. The summed E-state index contributed by atoms with van der Waals surface area (Å²) < 4.78 is 0. The zero-order valence-electron chi connectivity index (χ0n) is 8.46. The minimum atomic E-state index is -0.818. The predicted octanol–water partition coefficient (Wildman–Crippen LogP) is -0.792. The summed E-state index contributed by atoms with van der Waals surface area (Å²) in [5, 5.41) is 18.3. The second kappa shape index (κ2) is 5.69. The highest BCUT2D eigenvalue weighted by Crippen LogP contribution is 2.20. The maximum atomic E-state index is 11.0. The van der Waals surface area contributed by atoms with E-state index in [-0.39, 0.29) is 23.6 Å². The molecule has 1 heterocycles. The number of nitrogens with two attached hydrogens (primary N) is 2. The quantitative estimate of drug-likeness (QED) is 0.502. The molecule has 1 aromatic heterocycles. The van der Waals surface area contributed by atoms with Crippen molar-refractivity contribution in [3.8, 4) is 0 Å². The maximum Gasteiger partial charge on any atom is 0.250 e. The van der Waals surface area contributed by atoms with Crippen molar-refractivity contribution in [2.75, 3.05) is 18.1 Å². The summed E-state index contributed by atoms with van der Waals surface area (Å²) in [7, 11) is 0. The summed E-state index contributed by atoms with van der Waals surface area (Å²) in [6.45, 7) is -0.315. The molecule has 0 radical (unpaired) electrons. The van der Waals surface area contributed by atoms with E-state index in [1.807, 2.05) is 0 Å². The van der Waals surface area contributed by atoms with Gasteiger partial charge in [-0.05, 0) is 6.07 Å². The third kappa shape index (κ3) is 3.37. The lowest BCUT2D eigenvalue weighted by Gasteiger charge is -2.07. The summed E-state index contributed by atoms with van der Waals surface area (Å²) >= 11 is 1.21. The van der Waals surface area contributed by atoms with Crippen molar-refractivity contribution in [3.05, 3.63) is 17.8 Å². The normalized spacial score (nSPS) is 12.4. The van der Waals surface area contributed by atoms with Crippen LogP contribution < -0.4 is 11.5 Å². The van der Waals surface area contributed by atoms with Crippen LogP contribution >= 0.6 is 11.8 Å². The molecular weight excluding hydrogens is 230 g/mol. The molecule has 6 N–H and O–H groups in total. The van der Waals surface area contributed by atoms with E-state index >= 15 is 0 Å². The first-order chi connectivity index (χ1) is 7.54. The molecule has 6 nitrogen and oxygen atoms in total. The van der Waals surface area contributed by atoms with Gasteiger partial charge >= 0.3 is 0 Å². The van der Waals surface area contributed by atoms with Crippen molar-refractivity contribution < 1.29 is 15.0 Å². The van der Waals surface area contributed by atoms with E-state index in [9.17, 15) is 4.79 Å². The van der Waals surface area contributed by atoms with E-state index in [2.05, 4.69) is 4.98 Å². The van der Waals surface area contributed by atoms with Gasteiger partial charge in [-0.25, -0.2) is 4.98 Å². The van der Waals surface area contributed by atoms with Crippen LogP contribution in [0.4, 0.5) is 5.69 Å². The van der Waals surface area contributed by atoms with Crippen molar-refractivity contribution in [3.63, 3.8) is 0 Å². The van der Waals surface area contributed by atoms with Gasteiger partial charge in [0.15, 0.2) is 0 Å². The monoisotopic (exact) mass is 243 g/mol. The summed E-state index contributed by atoms with van der Waals surface area (Å²) in [5.41, 5.74) is 11.1. The van der Waals surface area contributed by atoms with Gasteiger partial charge in [-0.3, -0.25) is 4.79 Å². The molecule has 0 aliphatic rings. The number of carbonyl (C=O) groups excluding carboxylic acids is 1. The summed E-state index contributed by atoms with van der Waals surface area (Å²) in [6.07, 6.45) is 0.523. The van der Waals surface area contributed by atoms with Crippen LogP contribution in [0.15, 0.2) is 17.3 Å². The fraction of sp³-hybridized carbons (Fsp3) is 0.333. The van der Waals surface area contributed by atoms with Crippen molar-refractivity contribution in [1.29, 1.82) is 0 Å². The van der Waals surface area contributed by atoms with Gasteiger partial charge in [-0.15, -0.1) is 11.8 Å². The number of aliphatic hydroxyl groups is 2. The maximum absolute atomic E-state index is 11.0. The van der Waals surface area contributed by atoms with Crippen LogP contribution in [0.1, 0.15) is 10.4 Å². The number of hydrogen-bond donors (Lipinski definition) is 4. The van der Waals surface area contributed by atoms with Gasteiger partial charge in [0.2, 0.25) is 0 Å². The van der Waals surface area contributed by atoms with Crippen LogP contribution in [-0.2, 0) is 0 Å². The molecule has 0 aromatic carbocycles. The molecule has 0 fully saturated rings. The Morgan fingerprint density at radius 3 is 2.88 bits per heavy atom. The van der Waals surface area contributed by atoms with E-state index < -0.39 is 12.0 Å². The molecule has 0 aliphatic carbocycles. The number of amides is 1. The molecule has 0 saturated heterocycles. The number of pyridine rings is 1. The Morgan fingerprint density at radius 2 is 2.31 bits per heavy atom. The topological polar surface area (TPSA) is 122 Å². The Labute approximate surface area is 96.7 Å². The van der Waals surface area contributed by atoms with Gasteiger partial charge in [-0.2, -0.15) is 0 Å². The van der Waals surface area contributed by atoms with Crippen molar-refractivity contribution in [1.82, 2.24) is 4.98 Å². The Hall–Kier alpha value is -1.31. The van der Waals surface area contributed by atoms with Crippen molar-refractivity contribution in [2.45, 2.75) is 11.1 Å². The number of rotatable bonds is 5. The number of aromatic nitrogens is 1. The molecule has 7 heteroatoms. The molecule has 1 rings (SSSR count). The first-order valence-corrected chi connectivity index (χ1v) is 5.50. The molecule has 16 heavy (non-hydrogen) atoms. The van der Waals surface area contributed by atoms with Gasteiger partial charge in [-0.1, -0.05) is 0 Å². The van der Waals surface area contributed by atoms with E-state index in [1.54, 1.807) is 0 Å². The van der Waals surface area contributed by atoms with E-state index in [0.29, 0.717) is 5.03 Å². The lowest BCUT2D eigenvalue weighted by atomic mass is 10.2. The number of nitrogens with zero attached hydrogens (tertiary/aromatic N) is 1. The Kier molecular flexibility index (Phi) is 4.53. The van der Waals surface area contributed by atoms with E-state index in [0.717, 1.165) is 0 Å². The summed E-state index contributed by atoms with van der Waals surface area (Å²) in [6, 6.07) is 1.46.